The minimum absolute atomic E-state index is 0.550. The molecular weight excluding hydrogens is 240 g/mol. The van der Waals surface area contributed by atoms with Gasteiger partial charge in [-0.3, -0.25) is 0 Å². The number of fused-ring (bicyclic) bond motifs is 1. The largest absolute Gasteiger partial charge is 0.0599 e. The Kier molecular flexibility index (Phi) is 3.02. The Morgan fingerprint density at radius 2 is 0.900 bits per heavy atom. The fraction of sp³-hybridized carbons (Fsp3) is 1.00. The zero-order valence-electron chi connectivity index (χ0n) is 14.9. The molecule has 2 atom stereocenters. The van der Waals surface area contributed by atoms with Crippen LogP contribution in [0.1, 0.15) is 99.3 Å². The molecule has 0 N–H and O–H groups in total. The lowest BCUT2D eigenvalue weighted by Gasteiger charge is -2.52. The van der Waals surface area contributed by atoms with E-state index in [4.69, 9.17) is 0 Å². The zero-order valence-corrected chi connectivity index (χ0v) is 14.9. The first-order valence-corrected chi connectivity index (χ1v) is 8.99. The van der Waals surface area contributed by atoms with E-state index in [0.29, 0.717) is 27.1 Å². The van der Waals surface area contributed by atoms with Gasteiger partial charge in [-0.15, -0.1) is 0 Å². The highest BCUT2D eigenvalue weighted by molar-refractivity contribution is 5.14. The van der Waals surface area contributed by atoms with Crippen molar-refractivity contribution in [3.63, 3.8) is 0 Å². The predicted octanol–water partition coefficient (Wildman–Crippen LogP) is 6.59. The van der Waals surface area contributed by atoms with Crippen molar-refractivity contribution >= 4 is 0 Å². The average molecular weight is 277 g/mol. The molecule has 0 radical (unpaired) electrons. The molecule has 0 heterocycles. The molecule has 0 nitrogen and oxygen atoms in total. The Labute approximate surface area is 127 Å². The Hall–Kier alpha value is 0. The highest BCUT2D eigenvalue weighted by atomic mass is 14.7. The van der Waals surface area contributed by atoms with Gasteiger partial charge in [0.25, 0.3) is 0 Å². The molecule has 0 aromatic carbocycles. The van der Waals surface area contributed by atoms with Gasteiger partial charge < -0.3 is 0 Å². The summed E-state index contributed by atoms with van der Waals surface area (Å²) in [6.45, 7) is 15.3. The topological polar surface area (TPSA) is 0 Å². The summed E-state index contributed by atoms with van der Waals surface area (Å²) in [6, 6.07) is 0. The standard InChI is InChI=1S/C20H36/c1-16(2)7-8-17(3,4)13-20(12-9-16)14-18(5)10-11-19(18,6)15-20/h7-15H2,1-6H3. The van der Waals surface area contributed by atoms with Gasteiger partial charge in [0.15, 0.2) is 0 Å². The molecule has 3 aliphatic carbocycles. The summed E-state index contributed by atoms with van der Waals surface area (Å²) < 4.78 is 0. The lowest BCUT2D eigenvalue weighted by molar-refractivity contribution is -0.0164. The van der Waals surface area contributed by atoms with E-state index in [2.05, 4.69) is 41.5 Å². The second-order valence-electron chi connectivity index (χ2n) is 11.0. The summed E-state index contributed by atoms with van der Waals surface area (Å²) in [4.78, 5) is 0. The first-order valence-electron chi connectivity index (χ1n) is 8.99. The van der Waals surface area contributed by atoms with Crippen LogP contribution in [0.5, 0.6) is 0 Å². The van der Waals surface area contributed by atoms with Gasteiger partial charge >= 0.3 is 0 Å². The van der Waals surface area contributed by atoms with Gasteiger partial charge in [-0.1, -0.05) is 41.5 Å². The summed E-state index contributed by atoms with van der Waals surface area (Å²) in [5, 5.41) is 0. The van der Waals surface area contributed by atoms with E-state index >= 15 is 0 Å². The quantitative estimate of drug-likeness (QED) is 0.468. The van der Waals surface area contributed by atoms with Gasteiger partial charge in [0, 0.05) is 0 Å². The third-order valence-electron chi connectivity index (χ3n) is 7.88. The van der Waals surface area contributed by atoms with Crippen LogP contribution in [0.2, 0.25) is 0 Å². The minimum Gasteiger partial charge on any atom is -0.0599 e. The number of hydrogen-bond donors (Lipinski definition) is 0. The minimum atomic E-state index is 0.550. The van der Waals surface area contributed by atoms with Crippen molar-refractivity contribution in [1.29, 1.82) is 0 Å². The van der Waals surface area contributed by atoms with Gasteiger partial charge in [0.1, 0.15) is 0 Å². The maximum absolute atomic E-state index is 2.60. The van der Waals surface area contributed by atoms with Crippen LogP contribution in [-0.2, 0) is 0 Å². The van der Waals surface area contributed by atoms with Crippen LogP contribution in [0.4, 0.5) is 0 Å². The van der Waals surface area contributed by atoms with E-state index < -0.39 is 0 Å². The molecule has 0 aromatic heterocycles. The van der Waals surface area contributed by atoms with E-state index in [-0.39, 0.29) is 0 Å². The van der Waals surface area contributed by atoms with Gasteiger partial charge in [-0.2, -0.15) is 0 Å². The van der Waals surface area contributed by atoms with E-state index in [9.17, 15) is 0 Å². The van der Waals surface area contributed by atoms with E-state index in [1.54, 1.807) is 0 Å². The first-order chi connectivity index (χ1) is 8.99. The Morgan fingerprint density at radius 3 is 1.40 bits per heavy atom. The van der Waals surface area contributed by atoms with Gasteiger partial charge in [-0.05, 0) is 84.9 Å². The normalized spacial score (nSPS) is 50.1. The third-order valence-corrected chi connectivity index (χ3v) is 7.88. The molecule has 20 heavy (non-hydrogen) atoms. The van der Waals surface area contributed by atoms with Gasteiger partial charge in [0.2, 0.25) is 0 Å². The number of rotatable bonds is 0. The van der Waals surface area contributed by atoms with Gasteiger partial charge in [-0.25, -0.2) is 0 Å². The van der Waals surface area contributed by atoms with Crippen molar-refractivity contribution in [1.82, 2.24) is 0 Å². The third kappa shape index (κ3) is 2.26. The van der Waals surface area contributed by atoms with Crippen LogP contribution in [0, 0.1) is 27.1 Å². The summed E-state index contributed by atoms with van der Waals surface area (Å²) in [5.74, 6) is 0. The van der Waals surface area contributed by atoms with Crippen LogP contribution in [0.15, 0.2) is 0 Å². The molecule has 3 aliphatic rings. The Balaban J connectivity index is 1.88. The lowest BCUT2D eigenvalue weighted by Crippen LogP contribution is -2.42. The fourth-order valence-corrected chi connectivity index (χ4v) is 6.20. The van der Waals surface area contributed by atoms with Crippen molar-refractivity contribution in [3.05, 3.63) is 0 Å². The summed E-state index contributed by atoms with van der Waals surface area (Å²) in [5.41, 5.74) is 3.13. The van der Waals surface area contributed by atoms with Gasteiger partial charge in [0.05, 0.1) is 0 Å². The fourth-order valence-electron chi connectivity index (χ4n) is 6.20. The van der Waals surface area contributed by atoms with E-state index in [1.165, 1.54) is 57.8 Å². The van der Waals surface area contributed by atoms with Crippen molar-refractivity contribution in [3.8, 4) is 0 Å². The van der Waals surface area contributed by atoms with Crippen molar-refractivity contribution in [2.45, 2.75) is 99.3 Å². The van der Waals surface area contributed by atoms with E-state index in [0.717, 1.165) is 0 Å². The monoisotopic (exact) mass is 276 g/mol. The molecule has 3 fully saturated rings. The van der Waals surface area contributed by atoms with Crippen LogP contribution in [0.25, 0.3) is 0 Å². The van der Waals surface area contributed by atoms with Crippen LogP contribution < -0.4 is 0 Å². The Morgan fingerprint density at radius 1 is 0.450 bits per heavy atom. The highest BCUT2D eigenvalue weighted by Crippen LogP contribution is 2.74. The van der Waals surface area contributed by atoms with E-state index in [1.807, 2.05) is 0 Å². The zero-order chi connectivity index (χ0) is 14.9. The smallest absolute Gasteiger partial charge is 0.0266 e. The molecule has 0 saturated heterocycles. The average Bonchev–Trinajstić information content (AvgIpc) is 2.44. The molecule has 0 amide bonds. The maximum atomic E-state index is 2.60. The predicted molar refractivity (Wildman–Crippen MR) is 87.8 cm³/mol. The SMILES string of the molecule is CC1(C)CCC(C)(C)CC2(CC1)CC1(C)CCC1(C)C2. The summed E-state index contributed by atoms with van der Waals surface area (Å²) in [7, 11) is 0. The molecule has 0 bridgehead atoms. The highest BCUT2D eigenvalue weighted by Gasteiger charge is 2.63. The second-order valence-corrected chi connectivity index (χ2v) is 11.0. The molecule has 3 rings (SSSR count). The molecule has 3 saturated carbocycles. The molecular formula is C20H36. The number of hydrogen-bond acceptors (Lipinski definition) is 0. The molecule has 0 aliphatic heterocycles. The van der Waals surface area contributed by atoms with Crippen molar-refractivity contribution in [2.24, 2.45) is 27.1 Å². The first kappa shape index (κ1) is 14.9. The second kappa shape index (κ2) is 4.05. The van der Waals surface area contributed by atoms with Crippen molar-refractivity contribution < 1.29 is 0 Å². The summed E-state index contributed by atoms with van der Waals surface area (Å²) >= 11 is 0. The van der Waals surface area contributed by atoms with Crippen LogP contribution in [0.3, 0.4) is 0 Å². The molecule has 116 valence electrons. The van der Waals surface area contributed by atoms with Crippen molar-refractivity contribution in [2.75, 3.05) is 0 Å². The lowest BCUT2D eigenvalue weighted by atomic mass is 9.53. The van der Waals surface area contributed by atoms with Crippen LogP contribution in [-0.4, -0.2) is 0 Å². The summed E-state index contributed by atoms with van der Waals surface area (Å²) in [6.07, 6.45) is 13.3. The molecule has 0 aromatic rings. The molecule has 1 spiro atoms. The molecule has 2 unspecified atom stereocenters. The van der Waals surface area contributed by atoms with Crippen LogP contribution >= 0.6 is 0 Å². The maximum Gasteiger partial charge on any atom is -0.0266 e. The Bertz CT molecular complexity index is 384. The molecule has 0 heteroatoms.